The Bertz CT molecular complexity index is 466. The zero-order chi connectivity index (χ0) is 24.5. The van der Waals surface area contributed by atoms with Gasteiger partial charge < -0.3 is 32.4 Å². The zero-order valence-corrected chi connectivity index (χ0v) is 25.6. The van der Waals surface area contributed by atoms with E-state index in [1.807, 2.05) is 14.2 Å². The van der Waals surface area contributed by atoms with E-state index in [0.717, 1.165) is 47.9 Å². The quantitative estimate of drug-likeness (QED) is 0.182. The minimum absolute atomic E-state index is 0.155. The van der Waals surface area contributed by atoms with Gasteiger partial charge in [-0.15, -0.1) is 0 Å². The van der Waals surface area contributed by atoms with Gasteiger partial charge in [0, 0.05) is 58.3 Å². The minimum Gasteiger partial charge on any atom is -0.397 e. The fourth-order valence-electron chi connectivity index (χ4n) is 4.25. The molecular weight excluding hydrogens is 467 g/mol. The summed E-state index contributed by atoms with van der Waals surface area (Å²) < 4.78 is 23.4. The summed E-state index contributed by atoms with van der Waals surface area (Å²) in [6.45, 7) is 15.2. The molecule has 1 unspecified atom stereocenters. The van der Waals surface area contributed by atoms with E-state index in [0.29, 0.717) is 0 Å². The smallest absolute Gasteiger partial charge is 0.387 e. The summed E-state index contributed by atoms with van der Waals surface area (Å²) in [6.07, 6.45) is 7.28. The number of nitrogens with zero attached hydrogens (tertiary/aromatic N) is 3. The maximum Gasteiger partial charge on any atom is 0.387 e. The SMILES string of the molecule is CCO[Si](CCCN(C)C[Si]C(C)(CCCCCN1CCN(C)CC1)[Si](OC)OC)OCC. The highest BCUT2D eigenvalue weighted by molar-refractivity contribution is 6.66. The van der Waals surface area contributed by atoms with Crippen molar-refractivity contribution in [1.82, 2.24) is 14.7 Å². The van der Waals surface area contributed by atoms with Gasteiger partial charge in [0.1, 0.15) is 0 Å². The van der Waals surface area contributed by atoms with Crippen molar-refractivity contribution in [1.29, 1.82) is 0 Å². The van der Waals surface area contributed by atoms with Gasteiger partial charge in [0.15, 0.2) is 0 Å². The summed E-state index contributed by atoms with van der Waals surface area (Å²) >= 11 is 0. The molecule has 1 aliphatic heterocycles. The molecule has 1 saturated heterocycles. The fraction of sp³-hybridized carbons (Fsp3) is 1.00. The van der Waals surface area contributed by atoms with Crippen LogP contribution < -0.4 is 0 Å². The van der Waals surface area contributed by atoms with Gasteiger partial charge in [0.2, 0.25) is 0 Å². The summed E-state index contributed by atoms with van der Waals surface area (Å²) in [5, 5.41) is 0. The molecular formula is C23H51N3O4Si3. The van der Waals surface area contributed by atoms with Gasteiger partial charge in [0.25, 0.3) is 0 Å². The highest BCUT2D eigenvalue weighted by Gasteiger charge is 2.39. The summed E-state index contributed by atoms with van der Waals surface area (Å²) in [5.74, 6) is 0. The first kappa shape index (κ1) is 31.4. The molecule has 4 radical (unpaired) electrons. The number of unbranched alkanes of at least 4 members (excludes halogenated alkanes) is 2. The summed E-state index contributed by atoms with van der Waals surface area (Å²) in [5.41, 5.74) is 0. The van der Waals surface area contributed by atoms with Crippen molar-refractivity contribution in [3.8, 4) is 0 Å². The second-order valence-corrected chi connectivity index (χ2v) is 15.8. The Balaban J connectivity index is 2.37. The Kier molecular flexibility index (Phi) is 17.7. The van der Waals surface area contributed by atoms with Crippen LogP contribution in [0.4, 0.5) is 0 Å². The molecule has 1 atom stereocenters. The molecule has 0 saturated carbocycles. The van der Waals surface area contributed by atoms with Gasteiger partial charge in [0.05, 0.1) is 9.52 Å². The molecule has 1 rings (SSSR count). The predicted octanol–water partition coefficient (Wildman–Crippen LogP) is 2.84. The maximum absolute atomic E-state index is 5.85. The molecule has 0 amide bonds. The third-order valence-electron chi connectivity index (χ3n) is 6.34. The first-order valence-electron chi connectivity index (χ1n) is 12.8. The number of hydrogen-bond donors (Lipinski definition) is 0. The largest absolute Gasteiger partial charge is 0.397 e. The normalized spacial score (nSPS) is 18.0. The molecule has 0 N–H and O–H groups in total. The van der Waals surface area contributed by atoms with Gasteiger partial charge in [-0.05, 0) is 72.5 Å². The molecule has 1 heterocycles. The zero-order valence-electron chi connectivity index (χ0n) is 22.6. The summed E-state index contributed by atoms with van der Waals surface area (Å²) in [4.78, 5) is 7.52. The van der Waals surface area contributed by atoms with E-state index in [9.17, 15) is 0 Å². The Hall–Kier alpha value is 0.371. The Morgan fingerprint density at radius 3 is 2.15 bits per heavy atom. The van der Waals surface area contributed by atoms with E-state index in [2.05, 4.69) is 49.6 Å². The third kappa shape index (κ3) is 13.3. The first-order chi connectivity index (χ1) is 15.9. The highest BCUT2D eigenvalue weighted by atomic mass is 28.3. The fourth-order valence-corrected chi connectivity index (χ4v) is 9.72. The lowest BCUT2D eigenvalue weighted by Crippen LogP contribution is -2.44. The Labute approximate surface area is 211 Å². The maximum atomic E-state index is 5.85. The van der Waals surface area contributed by atoms with Crippen molar-refractivity contribution < 1.29 is 17.7 Å². The van der Waals surface area contributed by atoms with Crippen LogP contribution in [0.5, 0.6) is 0 Å². The standard InChI is InChI=1S/C23H51N3O4Si3/c1-8-29-32(30-9-2)21-13-15-25(5)22-31-23(3,33(27-6)28-7)14-11-10-12-16-26-19-17-24(4)18-20-26/h8-22H2,1-7H3. The Morgan fingerprint density at radius 1 is 0.939 bits per heavy atom. The van der Waals surface area contributed by atoms with E-state index in [4.69, 9.17) is 17.7 Å². The van der Waals surface area contributed by atoms with Crippen molar-refractivity contribution in [2.75, 3.05) is 87.0 Å². The van der Waals surface area contributed by atoms with Crippen LogP contribution in [0.15, 0.2) is 0 Å². The molecule has 194 valence electrons. The van der Waals surface area contributed by atoms with E-state index in [1.165, 1.54) is 58.4 Å². The number of hydrogen-bond acceptors (Lipinski definition) is 7. The second kappa shape index (κ2) is 18.6. The van der Waals surface area contributed by atoms with Crippen LogP contribution in [0, 0.1) is 0 Å². The topological polar surface area (TPSA) is 46.6 Å². The van der Waals surface area contributed by atoms with E-state index in [-0.39, 0.29) is 4.66 Å². The molecule has 0 aromatic carbocycles. The summed E-state index contributed by atoms with van der Waals surface area (Å²) in [6, 6.07) is 1.05. The van der Waals surface area contributed by atoms with Crippen LogP contribution in [0.25, 0.3) is 0 Å². The van der Waals surface area contributed by atoms with Gasteiger partial charge in [-0.2, -0.15) is 0 Å². The predicted molar refractivity (Wildman–Crippen MR) is 142 cm³/mol. The number of piperazine rings is 1. The van der Waals surface area contributed by atoms with E-state index in [1.54, 1.807) is 0 Å². The van der Waals surface area contributed by atoms with Crippen LogP contribution in [0.1, 0.15) is 52.9 Å². The average molecular weight is 518 g/mol. The lowest BCUT2D eigenvalue weighted by molar-refractivity contribution is 0.152. The molecule has 1 aliphatic rings. The van der Waals surface area contributed by atoms with Gasteiger partial charge >= 0.3 is 18.6 Å². The average Bonchev–Trinajstić information content (AvgIpc) is 2.80. The van der Waals surface area contributed by atoms with Crippen molar-refractivity contribution in [3.63, 3.8) is 0 Å². The molecule has 0 aromatic heterocycles. The van der Waals surface area contributed by atoms with Crippen LogP contribution in [0.2, 0.25) is 10.7 Å². The second-order valence-electron chi connectivity index (χ2n) is 9.24. The third-order valence-corrected chi connectivity index (χ3v) is 13.1. The molecule has 0 aliphatic carbocycles. The Morgan fingerprint density at radius 2 is 1.58 bits per heavy atom. The van der Waals surface area contributed by atoms with Crippen LogP contribution in [-0.4, -0.2) is 130 Å². The molecule has 1 fully saturated rings. The van der Waals surface area contributed by atoms with Crippen molar-refractivity contribution in [2.45, 2.75) is 63.6 Å². The lowest BCUT2D eigenvalue weighted by Gasteiger charge is -2.34. The van der Waals surface area contributed by atoms with Crippen LogP contribution >= 0.6 is 0 Å². The van der Waals surface area contributed by atoms with Gasteiger partial charge in [-0.1, -0.05) is 19.8 Å². The lowest BCUT2D eigenvalue weighted by atomic mass is 10.1. The molecule has 0 spiro atoms. The van der Waals surface area contributed by atoms with Gasteiger partial charge in [-0.25, -0.2) is 0 Å². The summed E-state index contributed by atoms with van der Waals surface area (Å²) in [7, 11) is 6.55. The molecule has 0 bridgehead atoms. The highest BCUT2D eigenvalue weighted by Crippen LogP contribution is 2.35. The van der Waals surface area contributed by atoms with Crippen LogP contribution in [0.3, 0.4) is 0 Å². The number of rotatable bonds is 20. The first-order valence-corrected chi connectivity index (χ1v) is 16.8. The van der Waals surface area contributed by atoms with E-state index >= 15 is 0 Å². The minimum atomic E-state index is -1.28. The molecule has 10 heteroatoms. The van der Waals surface area contributed by atoms with Gasteiger partial charge in [-0.3, -0.25) is 0 Å². The van der Waals surface area contributed by atoms with Crippen LogP contribution in [-0.2, 0) is 17.7 Å². The van der Waals surface area contributed by atoms with Crippen molar-refractivity contribution in [2.24, 2.45) is 0 Å². The molecule has 7 nitrogen and oxygen atoms in total. The monoisotopic (exact) mass is 517 g/mol. The van der Waals surface area contributed by atoms with Crippen molar-refractivity contribution >= 4 is 28.1 Å². The molecule has 33 heavy (non-hydrogen) atoms. The number of likely N-dealkylation sites (N-methyl/N-ethyl adjacent to an activating group) is 1. The molecule has 0 aromatic rings. The van der Waals surface area contributed by atoms with Crippen molar-refractivity contribution in [3.05, 3.63) is 0 Å². The van der Waals surface area contributed by atoms with E-state index < -0.39 is 18.6 Å².